The largest absolute Gasteiger partial charge is 0.418 e. The number of hydrogen-bond donors (Lipinski definition) is 1. The fourth-order valence-electron chi connectivity index (χ4n) is 6.61. The number of aromatic nitrogens is 1. The van der Waals surface area contributed by atoms with Crippen molar-refractivity contribution in [1.29, 1.82) is 0 Å². The lowest BCUT2D eigenvalue weighted by molar-refractivity contribution is -0.137. The summed E-state index contributed by atoms with van der Waals surface area (Å²) in [5.74, 6) is 1.08. The predicted molar refractivity (Wildman–Crippen MR) is 145 cm³/mol. The minimum absolute atomic E-state index is 0.0794. The molecule has 5 unspecified atom stereocenters. The van der Waals surface area contributed by atoms with Gasteiger partial charge in [-0.05, 0) is 66.8 Å². The number of para-hydroxylation sites is 1. The van der Waals surface area contributed by atoms with Gasteiger partial charge in [0.1, 0.15) is 6.54 Å². The zero-order valence-corrected chi connectivity index (χ0v) is 22.6. The highest BCUT2D eigenvalue weighted by Crippen LogP contribution is 2.64. The fraction of sp³-hybridized carbons (Fsp3) is 0.429. The van der Waals surface area contributed by atoms with Gasteiger partial charge in [0.2, 0.25) is 5.91 Å². The molecule has 1 amide bonds. The van der Waals surface area contributed by atoms with Crippen LogP contribution in [0.25, 0.3) is 0 Å². The highest BCUT2D eigenvalue weighted by Gasteiger charge is 2.55. The van der Waals surface area contributed by atoms with E-state index in [1.54, 1.807) is 11.8 Å². The van der Waals surface area contributed by atoms with E-state index in [9.17, 15) is 22.8 Å². The maximum atomic E-state index is 13.4. The number of amides is 1. The van der Waals surface area contributed by atoms with Crippen molar-refractivity contribution >= 4 is 40.4 Å². The first-order valence-corrected chi connectivity index (χ1v) is 14.4. The summed E-state index contributed by atoms with van der Waals surface area (Å²) in [7, 11) is 4.00. The summed E-state index contributed by atoms with van der Waals surface area (Å²) in [5, 5.41) is 3.56. The Labute approximate surface area is 227 Å². The molecule has 5 atom stereocenters. The molecule has 2 aliphatic carbocycles. The molecular weight excluding hydrogens is 531 g/mol. The van der Waals surface area contributed by atoms with Crippen LogP contribution < -0.4 is 15.1 Å². The van der Waals surface area contributed by atoms with E-state index < -0.39 is 17.6 Å². The molecule has 1 aromatic heterocycles. The van der Waals surface area contributed by atoms with Crippen molar-refractivity contribution in [3.8, 4) is 0 Å². The summed E-state index contributed by atoms with van der Waals surface area (Å²) in [6.45, 7) is -0.318. The number of alkyl halides is 3. The molecule has 6 rings (SSSR count). The first-order chi connectivity index (χ1) is 18.1. The van der Waals surface area contributed by atoms with E-state index in [2.05, 4.69) is 34.5 Å². The second-order valence-electron chi connectivity index (χ2n) is 10.7. The highest BCUT2D eigenvalue weighted by atomic mass is 32.2. The molecule has 2 aromatic carbocycles. The van der Waals surface area contributed by atoms with Crippen LogP contribution in [0.3, 0.4) is 0 Å². The standard InChI is InChI=1S/C28H28F3N3O2S2/c1-33(2)18-11-9-15(10-12-18)22-23-16-7-8-17(13-16)24(23)37-26-25(22)38-27(36)34(26)14-21(35)32-20-6-4-3-5-19(20)28(29,30)31/h3-6,9-12,16-17,22-24H,7-8,13-14H2,1-2H3,(H,32,35). The quantitative estimate of drug-likeness (QED) is 0.400. The van der Waals surface area contributed by atoms with Crippen molar-refractivity contribution in [2.45, 2.75) is 48.2 Å². The number of benzene rings is 2. The van der Waals surface area contributed by atoms with Crippen LogP contribution in [-0.4, -0.2) is 29.8 Å². The minimum Gasteiger partial charge on any atom is -0.378 e. The molecule has 2 fully saturated rings. The Balaban J connectivity index is 1.35. The molecule has 2 saturated carbocycles. The zero-order valence-electron chi connectivity index (χ0n) is 21.0. The maximum Gasteiger partial charge on any atom is 0.418 e. The van der Waals surface area contributed by atoms with Gasteiger partial charge in [0, 0.05) is 35.8 Å². The molecule has 0 spiro atoms. The number of nitrogens with zero attached hydrogens (tertiary/aromatic N) is 2. The van der Waals surface area contributed by atoms with Crippen LogP contribution in [0.1, 0.15) is 41.2 Å². The van der Waals surface area contributed by atoms with Crippen molar-refractivity contribution in [3.63, 3.8) is 0 Å². The van der Waals surface area contributed by atoms with Crippen LogP contribution >= 0.6 is 23.1 Å². The van der Waals surface area contributed by atoms with Crippen LogP contribution in [0.15, 0.2) is 58.4 Å². The van der Waals surface area contributed by atoms with Gasteiger partial charge in [-0.2, -0.15) is 13.2 Å². The van der Waals surface area contributed by atoms with Crippen LogP contribution in [0, 0.1) is 17.8 Å². The highest BCUT2D eigenvalue weighted by molar-refractivity contribution is 8.00. The molecule has 0 radical (unpaired) electrons. The summed E-state index contributed by atoms with van der Waals surface area (Å²) in [6.07, 6.45) is -0.999. The SMILES string of the molecule is CN(C)c1ccc(C2c3sc(=O)n(CC(=O)Nc4ccccc4C(F)(F)F)c3SC3C4CCC(C4)C23)cc1. The van der Waals surface area contributed by atoms with E-state index in [0.717, 1.165) is 21.7 Å². The number of anilines is 2. The number of hydrogen-bond acceptors (Lipinski definition) is 5. The van der Waals surface area contributed by atoms with Crippen molar-refractivity contribution in [1.82, 2.24) is 4.57 Å². The fourth-order valence-corrected chi connectivity index (χ4v) is 9.76. The van der Waals surface area contributed by atoms with Gasteiger partial charge in [0.25, 0.3) is 0 Å². The number of carbonyl (C=O) groups is 1. The lowest BCUT2D eigenvalue weighted by atomic mass is 9.75. The molecule has 0 saturated heterocycles. The molecule has 2 heterocycles. The van der Waals surface area contributed by atoms with Crippen molar-refractivity contribution in [2.75, 3.05) is 24.3 Å². The Morgan fingerprint density at radius 1 is 1.08 bits per heavy atom. The van der Waals surface area contributed by atoms with E-state index >= 15 is 0 Å². The van der Waals surface area contributed by atoms with Gasteiger partial charge in [-0.1, -0.05) is 35.6 Å². The topological polar surface area (TPSA) is 54.3 Å². The number of nitrogens with one attached hydrogen (secondary N) is 1. The third-order valence-electron chi connectivity index (χ3n) is 8.27. The number of carbonyl (C=O) groups excluding carboxylic acids is 1. The van der Waals surface area contributed by atoms with Gasteiger partial charge in [-0.25, -0.2) is 0 Å². The van der Waals surface area contributed by atoms with E-state index in [1.807, 2.05) is 14.1 Å². The third-order valence-corrected chi connectivity index (χ3v) is 11.1. The summed E-state index contributed by atoms with van der Waals surface area (Å²) >= 11 is 2.88. The number of thiazole rings is 1. The van der Waals surface area contributed by atoms with Crippen LogP contribution in [0.5, 0.6) is 0 Å². The van der Waals surface area contributed by atoms with Gasteiger partial charge in [-0.15, -0.1) is 11.8 Å². The van der Waals surface area contributed by atoms with Crippen LogP contribution in [-0.2, 0) is 17.5 Å². The van der Waals surface area contributed by atoms with E-state index in [1.165, 1.54) is 58.9 Å². The molecular formula is C28H28F3N3O2S2. The molecule has 200 valence electrons. The smallest absolute Gasteiger partial charge is 0.378 e. The zero-order chi connectivity index (χ0) is 26.8. The summed E-state index contributed by atoms with van der Waals surface area (Å²) in [6, 6.07) is 13.4. The first kappa shape index (κ1) is 25.6. The van der Waals surface area contributed by atoms with E-state index in [-0.39, 0.29) is 23.0 Å². The Hall–Kier alpha value is -2.72. The maximum absolute atomic E-state index is 13.4. The summed E-state index contributed by atoms with van der Waals surface area (Å²) < 4.78 is 41.8. The Morgan fingerprint density at radius 2 is 1.79 bits per heavy atom. The monoisotopic (exact) mass is 559 g/mol. The van der Waals surface area contributed by atoms with Crippen molar-refractivity contribution < 1.29 is 18.0 Å². The predicted octanol–water partition coefficient (Wildman–Crippen LogP) is 6.29. The van der Waals surface area contributed by atoms with Crippen LogP contribution in [0.4, 0.5) is 24.5 Å². The second kappa shape index (κ2) is 9.48. The normalized spacial score (nSPS) is 25.7. The molecule has 38 heavy (non-hydrogen) atoms. The average Bonchev–Trinajstić information content (AvgIpc) is 3.57. The first-order valence-electron chi connectivity index (χ1n) is 12.8. The van der Waals surface area contributed by atoms with Crippen molar-refractivity contribution in [2.24, 2.45) is 17.8 Å². The van der Waals surface area contributed by atoms with E-state index in [4.69, 9.17) is 0 Å². The number of fused-ring (bicyclic) bond motifs is 6. The van der Waals surface area contributed by atoms with Gasteiger partial charge < -0.3 is 10.2 Å². The summed E-state index contributed by atoms with van der Waals surface area (Å²) in [5.41, 5.74) is 1.07. The molecule has 3 aliphatic rings. The lowest BCUT2D eigenvalue weighted by Gasteiger charge is -2.40. The molecule has 10 heteroatoms. The third kappa shape index (κ3) is 4.35. The number of rotatable bonds is 5. The summed E-state index contributed by atoms with van der Waals surface area (Å²) in [4.78, 5) is 29.0. The Morgan fingerprint density at radius 3 is 2.50 bits per heavy atom. The Kier molecular flexibility index (Phi) is 6.38. The number of thioether (sulfide) groups is 1. The Bertz CT molecular complexity index is 1430. The minimum atomic E-state index is -4.59. The average molecular weight is 560 g/mol. The van der Waals surface area contributed by atoms with Gasteiger partial charge >= 0.3 is 11.0 Å². The van der Waals surface area contributed by atoms with Gasteiger partial charge in [0.15, 0.2) is 0 Å². The van der Waals surface area contributed by atoms with Gasteiger partial charge in [0.05, 0.1) is 16.3 Å². The van der Waals surface area contributed by atoms with Crippen LogP contribution in [0.2, 0.25) is 0 Å². The molecule has 1 N–H and O–H groups in total. The van der Waals surface area contributed by atoms with Crippen molar-refractivity contribution in [3.05, 3.63) is 74.2 Å². The van der Waals surface area contributed by atoms with E-state index in [0.29, 0.717) is 23.0 Å². The molecule has 3 aromatic rings. The molecule has 5 nitrogen and oxygen atoms in total. The lowest BCUT2D eigenvalue weighted by Crippen LogP contribution is -2.35. The molecule has 1 aliphatic heterocycles. The second-order valence-corrected chi connectivity index (χ2v) is 12.8. The van der Waals surface area contributed by atoms with Gasteiger partial charge in [-0.3, -0.25) is 14.2 Å². The number of halogens is 3. The molecule has 2 bridgehead atoms.